The van der Waals surface area contributed by atoms with Crippen molar-refractivity contribution >= 4 is 65.4 Å². The van der Waals surface area contributed by atoms with Gasteiger partial charge in [0.25, 0.3) is 0 Å². The molecule has 11 rings (SSSR count). The quantitative estimate of drug-likeness (QED) is 0.128. The van der Waals surface area contributed by atoms with Crippen LogP contribution >= 0.6 is 0 Å². The fraction of sp³-hybridized carbons (Fsp3) is 0.160. The van der Waals surface area contributed by atoms with Crippen molar-refractivity contribution in [1.82, 2.24) is 9.97 Å². The Morgan fingerprint density at radius 3 is 2.25 bits per heavy atom. The predicted octanol–water partition coefficient (Wildman–Crippen LogP) is 13.4. The van der Waals surface area contributed by atoms with Gasteiger partial charge in [0.05, 0.1) is 5.58 Å². The first-order chi connectivity index (χ1) is 26.1. The second kappa shape index (κ2) is 13.0. The Kier molecular flexibility index (Phi) is 8.31. The Hall–Kier alpha value is -5.61. The van der Waals surface area contributed by atoms with Crippen molar-refractivity contribution in [2.75, 3.05) is 0 Å². The molecule has 4 nitrogen and oxygen atoms in total. The SMILES string of the molecule is CC(C)(C)Cc1cc2c3c(c1)oc1ccnc(c13)-c1[c-]c3oc4cc5ccc6ccccc6c5cc4c3cc1C2(C)C.[Ir].[c-]1ccccc1-c1ccccn1. The van der Waals surface area contributed by atoms with Crippen molar-refractivity contribution in [2.45, 2.75) is 46.5 Å². The van der Waals surface area contributed by atoms with Gasteiger partial charge in [-0.25, -0.2) is 0 Å². The first-order valence-corrected chi connectivity index (χ1v) is 18.6. The summed E-state index contributed by atoms with van der Waals surface area (Å²) in [7, 11) is 0. The van der Waals surface area contributed by atoms with Crippen molar-refractivity contribution in [3.63, 3.8) is 0 Å². The molecule has 0 bridgehead atoms. The molecule has 0 unspecified atom stereocenters. The molecule has 271 valence electrons. The van der Waals surface area contributed by atoms with Gasteiger partial charge >= 0.3 is 0 Å². The van der Waals surface area contributed by atoms with Crippen LogP contribution in [-0.2, 0) is 31.9 Å². The predicted molar refractivity (Wildman–Crippen MR) is 222 cm³/mol. The van der Waals surface area contributed by atoms with E-state index in [9.17, 15) is 0 Å². The summed E-state index contributed by atoms with van der Waals surface area (Å²) in [5.41, 5.74) is 11.0. The summed E-state index contributed by atoms with van der Waals surface area (Å²) >= 11 is 0. The largest absolute Gasteiger partial charge is 0.477 e. The molecular weight excluding hydrogens is 853 g/mol. The van der Waals surface area contributed by atoms with Crippen LogP contribution in [0.25, 0.3) is 87.9 Å². The normalized spacial score (nSPS) is 13.3. The van der Waals surface area contributed by atoms with Crippen molar-refractivity contribution in [3.05, 3.63) is 156 Å². The van der Waals surface area contributed by atoms with E-state index in [-0.39, 0.29) is 30.9 Å². The van der Waals surface area contributed by atoms with Crippen LogP contribution in [0.2, 0.25) is 0 Å². The Morgan fingerprint density at radius 1 is 0.636 bits per heavy atom. The summed E-state index contributed by atoms with van der Waals surface area (Å²) in [5.74, 6) is 0. The van der Waals surface area contributed by atoms with E-state index in [0.717, 1.165) is 67.4 Å². The minimum atomic E-state index is -0.323. The van der Waals surface area contributed by atoms with Crippen LogP contribution in [0, 0.1) is 17.5 Å². The van der Waals surface area contributed by atoms with Crippen LogP contribution < -0.4 is 0 Å². The fourth-order valence-electron chi connectivity index (χ4n) is 8.45. The van der Waals surface area contributed by atoms with Crippen molar-refractivity contribution in [2.24, 2.45) is 5.41 Å². The molecule has 0 atom stereocenters. The summed E-state index contributed by atoms with van der Waals surface area (Å²) in [6, 6.07) is 47.0. The molecule has 0 spiro atoms. The molecule has 0 N–H and O–H groups in total. The number of rotatable bonds is 2. The van der Waals surface area contributed by atoms with Crippen LogP contribution in [0.1, 0.15) is 51.3 Å². The standard InChI is InChI=1S/C39H30NO2.C11H8N.Ir/c1-38(2,3)20-21-14-30-35-34(15-21)41-31-12-13-40-37(36(31)35)28-19-33-27(18-29(28)39(30,4)5)26-17-25-23(16-32(26)42-33)11-10-22-8-6-7-9-24(22)25;1-2-6-10(7-3-1)11-8-4-5-9-12-11;/h6-18H,20H2,1-5H3;1-6,8-9H;/q2*-1;. The Balaban J connectivity index is 0.000000261. The third-order valence-corrected chi connectivity index (χ3v) is 10.9. The number of benzene rings is 6. The molecule has 1 aliphatic carbocycles. The number of furan rings is 2. The fourth-order valence-corrected chi connectivity index (χ4v) is 8.45. The van der Waals surface area contributed by atoms with E-state index >= 15 is 0 Å². The van der Waals surface area contributed by atoms with Crippen molar-refractivity contribution in [3.8, 4) is 22.5 Å². The van der Waals surface area contributed by atoms with Crippen LogP contribution in [0.4, 0.5) is 0 Å². The number of hydrogen-bond donors (Lipinski definition) is 0. The molecule has 4 aromatic heterocycles. The van der Waals surface area contributed by atoms with Crippen LogP contribution in [0.15, 0.2) is 136 Å². The minimum absolute atomic E-state index is 0. The third kappa shape index (κ3) is 5.85. The van der Waals surface area contributed by atoms with Crippen LogP contribution in [0.3, 0.4) is 0 Å². The van der Waals surface area contributed by atoms with Gasteiger partial charge in [0, 0.05) is 49.0 Å². The molecular formula is C50H38IrN2O2-2. The summed E-state index contributed by atoms with van der Waals surface area (Å²) in [4.78, 5) is 9.17. The Labute approximate surface area is 333 Å². The molecule has 1 radical (unpaired) electrons. The van der Waals surface area contributed by atoms with Crippen LogP contribution in [0.5, 0.6) is 0 Å². The number of nitrogens with zero attached hydrogens (tertiary/aromatic N) is 2. The van der Waals surface area contributed by atoms with E-state index in [0.29, 0.717) is 0 Å². The molecule has 0 fully saturated rings. The summed E-state index contributed by atoms with van der Waals surface area (Å²) in [5, 5.41) is 9.36. The Bertz CT molecular complexity index is 3040. The van der Waals surface area contributed by atoms with E-state index in [1.807, 2.05) is 54.7 Å². The smallest absolute Gasteiger partial charge is 0.135 e. The van der Waals surface area contributed by atoms with Gasteiger partial charge in [0.15, 0.2) is 0 Å². The molecule has 0 saturated heterocycles. The first-order valence-electron chi connectivity index (χ1n) is 18.6. The van der Waals surface area contributed by atoms with Crippen molar-refractivity contribution < 1.29 is 28.9 Å². The number of aromatic nitrogens is 2. The maximum absolute atomic E-state index is 6.54. The zero-order valence-electron chi connectivity index (χ0n) is 31.4. The third-order valence-electron chi connectivity index (χ3n) is 10.9. The monoisotopic (exact) mass is 891 g/mol. The second-order valence-corrected chi connectivity index (χ2v) is 16.3. The summed E-state index contributed by atoms with van der Waals surface area (Å²) in [6.07, 6.45) is 4.61. The second-order valence-electron chi connectivity index (χ2n) is 16.3. The minimum Gasteiger partial charge on any atom is -0.477 e. The van der Waals surface area contributed by atoms with Gasteiger partial charge in [0.1, 0.15) is 16.7 Å². The van der Waals surface area contributed by atoms with Gasteiger partial charge in [0.2, 0.25) is 0 Å². The summed E-state index contributed by atoms with van der Waals surface area (Å²) in [6.45, 7) is 11.5. The molecule has 0 amide bonds. The molecule has 1 aliphatic rings. The van der Waals surface area contributed by atoms with Gasteiger partial charge in [-0.05, 0) is 85.3 Å². The number of pyridine rings is 2. The van der Waals surface area contributed by atoms with Gasteiger partial charge in [-0.3, -0.25) is 0 Å². The average Bonchev–Trinajstić information content (AvgIpc) is 3.71. The van der Waals surface area contributed by atoms with E-state index in [2.05, 4.69) is 118 Å². The zero-order valence-corrected chi connectivity index (χ0v) is 33.8. The topological polar surface area (TPSA) is 52.1 Å². The average molecular weight is 891 g/mol. The van der Waals surface area contributed by atoms with Gasteiger partial charge in [-0.1, -0.05) is 107 Å². The molecule has 0 saturated carbocycles. The van der Waals surface area contributed by atoms with Gasteiger partial charge in [-0.2, -0.15) is 0 Å². The van der Waals surface area contributed by atoms with Crippen molar-refractivity contribution in [1.29, 1.82) is 0 Å². The van der Waals surface area contributed by atoms with E-state index < -0.39 is 0 Å². The molecule has 6 aromatic carbocycles. The van der Waals surface area contributed by atoms with E-state index in [1.54, 1.807) is 6.20 Å². The number of hydrogen-bond acceptors (Lipinski definition) is 4. The Morgan fingerprint density at radius 2 is 1.45 bits per heavy atom. The van der Waals surface area contributed by atoms with Crippen LogP contribution in [-0.4, -0.2) is 9.97 Å². The van der Waals surface area contributed by atoms with Gasteiger partial charge in [-0.15, -0.1) is 53.1 Å². The zero-order chi connectivity index (χ0) is 36.8. The molecule has 5 heteroatoms. The van der Waals surface area contributed by atoms with Gasteiger partial charge < -0.3 is 18.8 Å². The first kappa shape index (κ1) is 35.1. The molecule has 55 heavy (non-hydrogen) atoms. The number of fused-ring (bicyclic) bond motifs is 8. The summed E-state index contributed by atoms with van der Waals surface area (Å²) < 4.78 is 13.1. The molecule has 0 aliphatic heterocycles. The van der Waals surface area contributed by atoms with E-state index in [4.69, 9.17) is 13.8 Å². The van der Waals surface area contributed by atoms with E-state index in [1.165, 1.54) is 43.6 Å². The maximum atomic E-state index is 6.54. The maximum Gasteiger partial charge on any atom is 0.135 e. The molecule has 4 heterocycles. The molecule has 10 aromatic rings.